The molecule has 50 heavy (non-hydrogen) atoms. The van der Waals surface area contributed by atoms with Crippen LogP contribution in [0.5, 0.6) is 40.2 Å². The van der Waals surface area contributed by atoms with Crippen LogP contribution >= 0.6 is 11.3 Å². The molecule has 0 saturated carbocycles. The molecule has 1 atom stereocenters. The van der Waals surface area contributed by atoms with Gasteiger partial charge in [-0.1, -0.05) is 18.2 Å². The number of fused-ring (bicyclic) bond motifs is 1. The van der Waals surface area contributed by atoms with Crippen LogP contribution in [-0.2, 0) is 4.79 Å². The molecular formula is C38H39N3O8S. The molecule has 1 amide bonds. The number of para-hydroxylation sites is 1. The summed E-state index contributed by atoms with van der Waals surface area (Å²) in [4.78, 5) is 17.6. The van der Waals surface area contributed by atoms with Crippen molar-refractivity contribution in [3.8, 4) is 50.8 Å². The average molecular weight is 698 g/mol. The topological polar surface area (TPSA) is 110 Å². The van der Waals surface area contributed by atoms with Crippen molar-refractivity contribution < 1.29 is 38.0 Å². The Kier molecular flexibility index (Phi) is 10.6. The van der Waals surface area contributed by atoms with Crippen LogP contribution in [0.25, 0.3) is 20.8 Å². The second kappa shape index (κ2) is 15.4. The van der Waals surface area contributed by atoms with Crippen LogP contribution in [0, 0.1) is 0 Å². The number of thiazole rings is 1. The van der Waals surface area contributed by atoms with Crippen molar-refractivity contribution in [3.05, 3.63) is 83.9 Å². The number of benzene rings is 4. The van der Waals surface area contributed by atoms with E-state index in [1.54, 1.807) is 46.9 Å². The molecule has 2 heterocycles. The van der Waals surface area contributed by atoms with Crippen molar-refractivity contribution in [2.24, 2.45) is 5.10 Å². The predicted octanol–water partition coefficient (Wildman–Crippen LogP) is 7.55. The molecule has 0 fully saturated rings. The minimum Gasteiger partial charge on any atom is -0.493 e. The van der Waals surface area contributed by atoms with E-state index in [1.165, 1.54) is 11.9 Å². The third kappa shape index (κ3) is 7.11. The van der Waals surface area contributed by atoms with Crippen LogP contribution in [0.1, 0.15) is 36.9 Å². The minimum atomic E-state index is -0.353. The van der Waals surface area contributed by atoms with E-state index in [9.17, 15) is 4.79 Å². The summed E-state index contributed by atoms with van der Waals surface area (Å²) in [6.45, 7) is 2.27. The minimum absolute atomic E-state index is 0.185. The maximum absolute atomic E-state index is 12.8. The summed E-state index contributed by atoms with van der Waals surface area (Å²) in [5.74, 6) is 3.73. The molecule has 0 N–H and O–H groups in total. The van der Waals surface area contributed by atoms with Crippen molar-refractivity contribution in [1.82, 2.24) is 9.99 Å². The van der Waals surface area contributed by atoms with Gasteiger partial charge in [0.05, 0.1) is 70.7 Å². The molecule has 0 saturated heterocycles. The first-order chi connectivity index (χ1) is 24.4. The van der Waals surface area contributed by atoms with Crippen LogP contribution in [-0.4, -0.2) is 70.4 Å². The number of ether oxygens (including phenoxy) is 7. The molecule has 1 aliphatic heterocycles. The second-order valence-electron chi connectivity index (χ2n) is 11.4. The smallest absolute Gasteiger partial charge is 0.240 e. The number of nitrogens with zero attached hydrogens (tertiary/aromatic N) is 3. The summed E-state index contributed by atoms with van der Waals surface area (Å²) < 4.78 is 41.2. The highest BCUT2D eigenvalue weighted by Gasteiger charge is 2.33. The molecule has 0 bridgehead atoms. The SMILES string of the molecule is COc1ccc(-c2nc3ccccc3s2)cc1OCCCOc1cc(C2CC(c3cc(OC)c(OC)c(OC)c3)=NN2C(C)=O)ccc1OC. The van der Waals surface area contributed by atoms with E-state index in [4.69, 9.17) is 43.2 Å². The normalized spacial score (nSPS) is 13.9. The van der Waals surface area contributed by atoms with Gasteiger partial charge in [0.2, 0.25) is 11.7 Å². The molecule has 1 aromatic heterocycles. The second-order valence-corrected chi connectivity index (χ2v) is 12.4. The molecule has 11 nitrogen and oxygen atoms in total. The maximum atomic E-state index is 12.8. The van der Waals surface area contributed by atoms with Gasteiger partial charge in [0.15, 0.2) is 34.5 Å². The first-order valence-electron chi connectivity index (χ1n) is 16.0. The quantitative estimate of drug-likeness (QED) is 0.109. The van der Waals surface area contributed by atoms with Crippen molar-refractivity contribution in [2.45, 2.75) is 25.8 Å². The van der Waals surface area contributed by atoms with Gasteiger partial charge in [-0.3, -0.25) is 4.79 Å². The zero-order chi connectivity index (χ0) is 35.2. The average Bonchev–Trinajstić information content (AvgIpc) is 3.80. The van der Waals surface area contributed by atoms with Crippen LogP contribution in [0.2, 0.25) is 0 Å². The van der Waals surface area contributed by atoms with E-state index >= 15 is 0 Å². The lowest BCUT2D eigenvalue weighted by atomic mass is 9.97. The Hall–Kier alpha value is -5.49. The first-order valence-corrected chi connectivity index (χ1v) is 16.8. The fraction of sp³-hybridized carbons (Fsp3) is 0.289. The van der Waals surface area contributed by atoms with E-state index < -0.39 is 0 Å². The Balaban J connectivity index is 1.13. The Morgan fingerprint density at radius 1 is 0.740 bits per heavy atom. The highest BCUT2D eigenvalue weighted by atomic mass is 32.1. The number of carbonyl (C=O) groups excluding carboxylic acids is 1. The summed E-state index contributed by atoms with van der Waals surface area (Å²) in [5, 5.41) is 7.12. The number of amides is 1. The van der Waals surface area contributed by atoms with Crippen molar-refractivity contribution in [3.63, 3.8) is 0 Å². The summed E-state index contributed by atoms with van der Waals surface area (Å²) in [5.41, 5.74) is 4.26. The Morgan fingerprint density at radius 3 is 1.98 bits per heavy atom. The van der Waals surface area contributed by atoms with Gasteiger partial charge in [0.1, 0.15) is 5.01 Å². The maximum Gasteiger partial charge on any atom is 0.240 e. The number of carbonyl (C=O) groups is 1. The molecular weight excluding hydrogens is 658 g/mol. The molecule has 6 rings (SSSR count). The largest absolute Gasteiger partial charge is 0.493 e. The summed E-state index contributed by atoms with van der Waals surface area (Å²) >= 11 is 1.64. The lowest BCUT2D eigenvalue weighted by Crippen LogP contribution is -2.24. The Morgan fingerprint density at radius 2 is 1.36 bits per heavy atom. The van der Waals surface area contributed by atoms with Gasteiger partial charge in [0.25, 0.3) is 0 Å². The van der Waals surface area contributed by atoms with Crippen molar-refractivity contribution >= 4 is 33.2 Å². The van der Waals surface area contributed by atoms with Gasteiger partial charge >= 0.3 is 0 Å². The Labute approximate surface area is 294 Å². The van der Waals surface area contributed by atoms with Crippen molar-refractivity contribution in [1.29, 1.82) is 0 Å². The lowest BCUT2D eigenvalue weighted by Gasteiger charge is -2.22. The molecule has 0 aliphatic carbocycles. The monoisotopic (exact) mass is 697 g/mol. The fourth-order valence-corrected chi connectivity index (χ4v) is 6.80. The standard InChI is InChI=1S/C38H39N3O8S/c1-23(42)41-29(22-28(40-41)26-20-34(45-4)37(47-6)35(21-26)46-5)24-12-14-30(43-2)32(18-24)48-16-9-17-49-33-19-25(13-15-31(33)44-3)38-39-27-10-7-8-11-36(27)50-38/h7-8,10-15,18-21,29H,9,16-17,22H2,1-6H3. The molecule has 260 valence electrons. The number of hydrogen-bond donors (Lipinski definition) is 0. The molecule has 4 aromatic carbocycles. The number of rotatable bonds is 14. The fourth-order valence-electron chi connectivity index (χ4n) is 5.84. The predicted molar refractivity (Wildman–Crippen MR) is 193 cm³/mol. The zero-order valence-corrected chi connectivity index (χ0v) is 29.7. The number of hydrogen-bond acceptors (Lipinski definition) is 11. The van der Waals surface area contributed by atoms with E-state index in [0.29, 0.717) is 72.0 Å². The Bertz CT molecular complexity index is 1970. The van der Waals surface area contributed by atoms with Crippen LogP contribution in [0.4, 0.5) is 0 Å². The highest BCUT2D eigenvalue weighted by molar-refractivity contribution is 7.21. The molecule has 0 radical (unpaired) electrons. The molecule has 12 heteroatoms. The lowest BCUT2D eigenvalue weighted by molar-refractivity contribution is -0.130. The van der Waals surface area contributed by atoms with Crippen molar-refractivity contribution in [2.75, 3.05) is 48.8 Å². The third-order valence-corrected chi connectivity index (χ3v) is 9.40. The van der Waals surface area contributed by atoms with Gasteiger partial charge < -0.3 is 33.2 Å². The first kappa shape index (κ1) is 34.4. The van der Waals surface area contributed by atoms with Gasteiger partial charge in [-0.2, -0.15) is 5.10 Å². The van der Waals surface area contributed by atoms with Gasteiger partial charge in [-0.05, 0) is 60.2 Å². The van der Waals surface area contributed by atoms with Gasteiger partial charge in [-0.25, -0.2) is 9.99 Å². The van der Waals surface area contributed by atoms with Gasteiger partial charge in [-0.15, -0.1) is 11.3 Å². The number of aromatic nitrogens is 1. The van der Waals surface area contributed by atoms with Crippen LogP contribution in [0.15, 0.2) is 77.9 Å². The molecule has 5 aromatic rings. The third-order valence-electron chi connectivity index (χ3n) is 8.31. The van der Waals surface area contributed by atoms with Gasteiger partial charge in [0, 0.05) is 30.9 Å². The van der Waals surface area contributed by atoms with E-state index in [-0.39, 0.29) is 11.9 Å². The zero-order valence-electron chi connectivity index (χ0n) is 28.8. The summed E-state index contributed by atoms with van der Waals surface area (Å²) in [6.07, 6.45) is 1.06. The summed E-state index contributed by atoms with van der Waals surface area (Å²) in [7, 11) is 7.90. The van der Waals surface area contributed by atoms with Crippen LogP contribution < -0.4 is 33.2 Å². The van der Waals surface area contributed by atoms with E-state index in [2.05, 4.69) is 6.07 Å². The highest BCUT2D eigenvalue weighted by Crippen LogP contribution is 2.42. The van der Waals surface area contributed by atoms with E-state index in [0.717, 1.165) is 31.9 Å². The molecule has 1 unspecified atom stereocenters. The molecule has 0 spiro atoms. The molecule has 1 aliphatic rings. The van der Waals surface area contributed by atoms with Crippen LogP contribution in [0.3, 0.4) is 0 Å². The van der Waals surface area contributed by atoms with E-state index in [1.807, 2.05) is 66.7 Å². The number of hydrazone groups is 1. The number of methoxy groups -OCH3 is 5. The summed E-state index contributed by atoms with van der Waals surface area (Å²) in [6, 6.07) is 22.9.